The van der Waals surface area contributed by atoms with E-state index in [1.807, 2.05) is 18.2 Å². The number of anilines is 1. The number of piperazine rings is 1. The highest BCUT2D eigenvalue weighted by Crippen LogP contribution is 2.28. The number of fused-ring (bicyclic) bond motifs is 1. The molecule has 2 aromatic rings. The lowest BCUT2D eigenvalue weighted by Crippen LogP contribution is -2.47. The number of amides is 2. The third kappa shape index (κ3) is 3.90. The summed E-state index contributed by atoms with van der Waals surface area (Å²) in [5.41, 5.74) is 2.33. The molecule has 3 rings (SSSR count). The topological polar surface area (TPSA) is 84.9 Å². The molecule has 1 aromatic heterocycles. The Bertz CT molecular complexity index is 753. The fourth-order valence-corrected chi connectivity index (χ4v) is 3.63. The summed E-state index contributed by atoms with van der Waals surface area (Å²) in [5, 5.41) is 12.5. The Hall–Kier alpha value is -2.00. The second-order valence-electron chi connectivity index (χ2n) is 5.93. The lowest BCUT2D eigenvalue weighted by atomic mass is 10.2. The Labute approximate surface area is 143 Å². The summed E-state index contributed by atoms with van der Waals surface area (Å²) in [5.74, 6) is -0.570. The van der Waals surface area contributed by atoms with Crippen LogP contribution in [0.4, 0.5) is 5.69 Å². The van der Waals surface area contributed by atoms with E-state index in [4.69, 9.17) is 5.21 Å². The molecular weight excluding hydrogens is 328 g/mol. The maximum absolute atomic E-state index is 12.2. The first-order chi connectivity index (χ1) is 11.5. The minimum Gasteiger partial charge on any atom is -0.325 e. The van der Waals surface area contributed by atoms with E-state index in [0.717, 1.165) is 36.3 Å². The first kappa shape index (κ1) is 16.8. The molecule has 1 fully saturated rings. The lowest BCUT2D eigenvalue weighted by Gasteiger charge is -2.31. The van der Waals surface area contributed by atoms with Gasteiger partial charge in [0.1, 0.15) is 0 Å². The standard InChI is InChI=1S/C16H20N4O3S/c1-19-4-6-20(7-5-19)10-15(21)17-12-2-3-13-11(8-12)9-14(24-13)16(22)18-23/h2-3,8-9,23H,4-7,10H2,1H3,(H,17,21)(H,18,22). The molecule has 0 atom stereocenters. The average molecular weight is 348 g/mol. The first-order valence-electron chi connectivity index (χ1n) is 7.74. The van der Waals surface area contributed by atoms with Crippen LogP contribution in [0.3, 0.4) is 0 Å². The lowest BCUT2D eigenvalue weighted by molar-refractivity contribution is -0.117. The van der Waals surface area contributed by atoms with Crippen molar-refractivity contribution in [1.29, 1.82) is 0 Å². The van der Waals surface area contributed by atoms with E-state index >= 15 is 0 Å². The van der Waals surface area contributed by atoms with Gasteiger partial charge < -0.3 is 10.2 Å². The molecule has 128 valence electrons. The molecule has 3 N–H and O–H groups in total. The van der Waals surface area contributed by atoms with Crippen molar-refractivity contribution in [3.63, 3.8) is 0 Å². The normalized spacial score (nSPS) is 16.2. The number of carbonyl (C=O) groups excluding carboxylic acids is 2. The van der Waals surface area contributed by atoms with E-state index in [0.29, 0.717) is 17.1 Å². The molecule has 8 heteroatoms. The molecular formula is C16H20N4O3S. The van der Waals surface area contributed by atoms with Gasteiger partial charge in [-0.1, -0.05) is 0 Å². The molecule has 2 heterocycles. The Morgan fingerprint density at radius 1 is 1.21 bits per heavy atom. The maximum atomic E-state index is 12.2. The summed E-state index contributed by atoms with van der Waals surface area (Å²) in [7, 11) is 2.08. The zero-order valence-electron chi connectivity index (χ0n) is 13.4. The van der Waals surface area contributed by atoms with E-state index in [1.165, 1.54) is 11.3 Å². The molecule has 0 saturated carbocycles. The number of hydroxylamine groups is 1. The first-order valence-corrected chi connectivity index (χ1v) is 8.55. The van der Waals surface area contributed by atoms with Gasteiger partial charge in [0.15, 0.2) is 0 Å². The van der Waals surface area contributed by atoms with Crippen molar-refractivity contribution in [2.24, 2.45) is 0 Å². The SMILES string of the molecule is CN1CCN(CC(=O)Nc2ccc3sc(C(=O)NO)cc3c2)CC1. The Morgan fingerprint density at radius 3 is 2.67 bits per heavy atom. The number of carbonyl (C=O) groups is 2. The summed E-state index contributed by atoms with van der Waals surface area (Å²) in [6.07, 6.45) is 0. The molecule has 0 unspecified atom stereocenters. The number of rotatable bonds is 4. The molecule has 1 saturated heterocycles. The minimum absolute atomic E-state index is 0.0394. The van der Waals surface area contributed by atoms with Crippen molar-refractivity contribution in [2.75, 3.05) is 45.1 Å². The van der Waals surface area contributed by atoms with E-state index in [1.54, 1.807) is 11.5 Å². The van der Waals surface area contributed by atoms with Gasteiger partial charge in [-0.3, -0.25) is 19.7 Å². The van der Waals surface area contributed by atoms with Gasteiger partial charge in [0.05, 0.1) is 11.4 Å². The zero-order chi connectivity index (χ0) is 17.1. The van der Waals surface area contributed by atoms with Crippen LogP contribution in [0.2, 0.25) is 0 Å². The summed E-state index contributed by atoms with van der Waals surface area (Å²) < 4.78 is 0.922. The molecule has 0 radical (unpaired) electrons. The smallest absolute Gasteiger partial charge is 0.284 e. The predicted molar refractivity (Wildman–Crippen MR) is 93.6 cm³/mol. The van der Waals surface area contributed by atoms with Crippen molar-refractivity contribution in [1.82, 2.24) is 15.3 Å². The van der Waals surface area contributed by atoms with Crippen molar-refractivity contribution in [3.05, 3.63) is 29.1 Å². The van der Waals surface area contributed by atoms with Crippen LogP contribution in [0.5, 0.6) is 0 Å². The predicted octanol–water partition coefficient (Wildman–Crippen LogP) is 1.21. The van der Waals surface area contributed by atoms with Crippen LogP contribution in [0, 0.1) is 0 Å². The quantitative estimate of drug-likeness (QED) is 0.571. The zero-order valence-corrected chi connectivity index (χ0v) is 14.2. The summed E-state index contributed by atoms with van der Waals surface area (Å²) in [6, 6.07) is 7.21. The Morgan fingerprint density at radius 2 is 1.96 bits per heavy atom. The molecule has 0 spiro atoms. The molecule has 1 aliphatic heterocycles. The number of likely N-dealkylation sites (N-methyl/N-ethyl adjacent to an activating group) is 1. The van der Waals surface area contributed by atoms with Gasteiger partial charge >= 0.3 is 0 Å². The van der Waals surface area contributed by atoms with Crippen LogP contribution in [0.25, 0.3) is 10.1 Å². The number of hydrogen-bond acceptors (Lipinski definition) is 6. The van der Waals surface area contributed by atoms with Crippen LogP contribution in [-0.4, -0.2) is 66.6 Å². The van der Waals surface area contributed by atoms with Gasteiger partial charge in [-0.05, 0) is 36.7 Å². The van der Waals surface area contributed by atoms with Crippen molar-refractivity contribution >= 4 is 38.9 Å². The van der Waals surface area contributed by atoms with Crippen LogP contribution >= 0.6 is 11.3 Å². The van der Waals surface area contributed by atoms with E-state index < -0.39 is 5.91 Å². The third-order valence-corrected chi connectivity index (χ3v) is 5.20. The van der Waals surface area contributed by atoms with Crippen LogP contribution in [0.1, 0.15) is 9.67 Å². The molecule has 2 amide bonds. The van der Waals surface area contributed by atoms with Crippen molar-refractivity contribution in [2.45, 2.75) is 0 Å². The van der Waals surface area contributed by atoms with Crippen LogP contribution in [0.15, 0.2) is 24.3 Å². The fourth-order valence-electron chi connectivity index (χ4n) is 2.70. The molecule has 24 heavy (non-hydrogen) atoms. The summed E-state index contributed by atoms with van der Waals surface area (Å²) >= 11 is 1.29. The van der Waals surface area contributed by atoms with Gasteiger partial charge in [-0.15, -0.1) is 11.3 Å². The number of nitrogens with one attached hydrogen (secondary N) is 2. The third-order valence-electron chi connectivity index (χ3n) is 4.09. The molecule has 0 bridgehead atoms. The second-order valence-corrected chi connectivity index (χ2v) is 7.02. The number of benzene rings is 1. The maximum Gasteiger partial charge on any atom is 0.284 e. The second kappa shape index (κ2) is 7.27. The van der Waals surface area contributed by atoms with Crippen LogP contribution < -0.4 is 10.8 Å². The Balaban J connectivity index is 1.64. The van der Waals surface area contributed by atoms with Gasteiger partial charge in [-0.2, -0.15) is 0 Å². The molecule has 0 aliphatic carbocycles. The number of hydrogen-bond donors (Lipinski definition) is 3. The largest absolute Gasteiger partial charge is 0.325 e. The van der Waals surface area contributed by atoms with Crippen LogP contribution in [-0.2, 0) is 4.79 Å². The number of thiophene rings is 1. The molecule has 1 aliphatic rings. The Kier molecular flexibility index (Phi) is 5.10. The number of nitrogens with zero attached hydrogens (tertiary/aromatic N) is 2. The summed E-state index contributed by atoms with van der Waals surface area (Å²) in [4.78, 5) is 28.5. The van der Waals surface area contributed by atoms with Gasteiger partial charge in [0.2, 0.25) is 5.91 Å². The minimum atomic E-state index is -0.531. The van der Waals surface area contributed by atoms with E-state index in [2.05, 4.69) is 22.2 Å². The van der Waals surface area contributed by atoms with Gasteiger partial charge in [0, 0.05) is 36.6 Å². The highest BCUT2D eigenvalue weighted by molar-refractivity contribution is 7.20. The van der Waals surface area contributed by atoms with Crippen molar-refractivity contribution < 1.29 is 14.8 Å². The highest BCUT2D eigenvalue weighted by Gasteiger charge is 2.17. The van der Waals surface area contributed by atoms with E-state index in [-0.39, 0.29) is 5.91 Å². The summed E-state index contributed by atoms with van der Waals surface area (Å²) in [6.45, 7) is 4.13. The van der Waals surface area contributed by atoms with E-state index in [9.17, 15) is 9.59 Å². The molecule has 7 nitrogen and oxygen atoms in total. The van der Waals surface area contributed by atoms with Gasteiger partial charge in [0.25, 0.3) is 5.91 Å². The molecule has 1 aromatic carbocycles. The van der Waals surface area contributed by atoms with Gasteiger partial charge in [-0.25, -0.2) is 5.48 Å². The monoisotopic (exact) mass is 348 g/mol. The fraction of sp³-hybridized carbons (Fsp3) is 0.375. The average Bonchev–Trinajstić information content (AvgIpc) is 2.99. The van der Waals surface area contributed by atoms with Crippen molar-refractivity contribution in [3.8, 4) is 0 Å². The highest BCUT2D eigenvalue weighted by atomic mass is 32.1.